The van der Waals surface area contributed by atoms with Crippen LogP contribution in [0.4, 0.5) is 15.8 Å². The molecule has 1 heterocycles. The van der Waals surface area contributed by atoms with Gasteiger partial charge in [0.1, 0.15) is 10.7 Å². The van der Waals surface area contributed by atoms with Crippen LogP contribution in [-0.2, 0) is 16.4 Å². The van der Waals surface area contributed by atoms with Gasteiger partial charge in [0, 0.05) is 12.2 Å². The number of nitrogens with two attached hydrogens (primary N) is 1. The summed E-state index contributed by atoms with van der Waals surface area (Å²) in [5.41, 5.74) is 7.09. The Morgan fingerprint density at radius 2 is 1.95 bits per heavy atom. The van der Waals surface area contributed by atoms with E-state index in [1.54, 1.807) is 6.07 Å². The van der Waals surface area contributed by atoms with Crippen LogP contribution >= 0.6 is 11.6 Å². The predicted octanol–water partition coefficient (Wildman–Crippen LogP) is 2.81. The summed E-state index contributed by atoms with van der Waals surface area (Å²) in [6, 6.07) is 8.42. The molecule has 0 fully saturated rings. The molecule has 0 radical (unpaired) electrons. The average molecular weight is 327 g/mol. The molecule has 0 atom stereocenters. The minimum atomic E-state index is -3.87. The third-order valence-electron chi connectivity index (χ3n) is 3.42. The maximum atomic E-state index is 13.4. The Morgan fingerprint density at radius 1 is 1.19 bits per heavy atom. The van der Waals surface area contributed by atoms with Gasteiger partial charge in [-0.3, -0.25) is 4.31 Å². The number of nitrogen functional groups attached to an aromatic ring is 1. The highest BCUT2D eigenvalue weighted by atomic mass is 35.5. The fourth-order valence-corrected chi connectivity index (χ4v) is 4.42. The highest BCUT2D eigenvalue weighted by Gasteiger charge is 2.32. The van der Waals surface area contributed by atoms with Gasteiger partial charge in [-0.05, 0) is 42.3 Å². The number of rotatable bonds is 2. The molecule has 4 nitrogen and oxygen atoms in total. The zero-order valence-corrected chi connectivity index (χ0v) is 12.5. The van der Waals surface area contributed by atoms with E-state index in [4.69, 9.17) is 17.3 Å². The summed E-state index contributed by atoms with van der Waals surface area (Å²) in [6.45, 7) is 0.256. The maximum absolute atomic E-state index is 13.4. The van der Waals surface area contributed by atoms with Crippen LogP contribution in [-0.4, -0.2) is 15.0 Å². The van der Waals surface area contributed by atoms with Crippen molar-refractivity contribution in [1.82, 2.24) is 0 Å². The normalized spacial score (nSPS) is 14.3. The molecule has 0 aliphatic carbocycles. The lowest BCUT2D eigenvalue weighted by Gasteiger charge is -2.20. The van der Waals surface area contributed by atoms with Gasteiger partial charge in [0.2, 0.25) is 0 Å². The van der Waals surface area contributed by atoms with Gasteiger partial charge in [0.25, 0.3) is 10.0 Å². The predicted molar refractivity (Wildman–Crippen MR) is 80.5 cm³/mol. The van der Waals surface area contributed by atoms with Crippen LogP contribution in [0, 0.1) is 5.82 Å². The Bertz CT molecular complexity index is 824. The number of sulfonamides is 1. The van der Waals surface area contributed by atoms with Gasteiger partial charge >= 0.3 is 0 Å². The van der Waals surface area contributed by atoms with Gasteiger partial charge in [-0.1, -0.05) is 17.7 Å². The molecular weight excluding hydrogens is 315 g/mol. The smallest absolute Gasteiger partial charge is 0.265 e. The SMILES string of the molecule is Nc1ccc(Cl)c(S(=O)(=O)N2CCc3ccc(F)cc32)c1. The second-order valence-corrected chi connectivity index (χ2v) is 7.03. The Labute approximate surface area is 127 Å². The Balaban J connectivity index is 2.13. The molecule has 2 aromatic rings. The summed E-state index contributed by atoms with van der Waals surface area (Å²) in [7, 11) is -3.87. The molecule has 2 aromatic carbocycles. The van der Waals surface area contributed by atoms with Gasteiger partial charge in [-0.25, -0.2) is 12.8 Å². The Hall–Kier alpha value is -1.79. The zero-order valence-electron chi connectivity index (χ0n) is 10.9. The monoisotopic (exact) mass is 326 g/mol. The second kappa shape index (κ2) is 4.89. The lowest BCUT2D eigenvalue weighted by molar-refractivity contribution is 0.592. The van der Waals surface area contributed by atoms with E-state index in [1.165, 1.54) is 34.6 Å². The van der Waals surface area contributed by atoms with Crippen LogP contribution < -0.4 is 10.0 Å². The summed E-state index contributed by atoms with van der Waals surface area (Å²) < 4.78 is 40.1. The molecule has 0 spiro atoms. The number of anilines is 2. The highest BCUT2D eigenvalue weighted by Crippen LogP contribution is 2.35. The third-order valence-corrected chi connectivity index (χ3v) is 5.72. The van der Waals surface area contributed by atoms with Crippen molar-refractivity contribution < 1.29 is 12.8 Å². The Morgan fingerprint density at radius 3 is 2.71 bits per heavy atom. The van der Waals surface area contributed by atoms with E-state index in [-0.39, 0.29) is 16.5 Å². The van der Waals surface area contributed by atoms with Gasteiger partial charge in [0.15, 0.2) is 0 Å². The van der Waals surface area contributed by atoms with E-state index >= 15 is 0 Å². The van der Waals surface area contributed by atoms with Crippen LogP contribution in [0.25, 0.3) is 0 Å². The highest BCUT2D eigenvalue weighted by molar-refractivity contribution is 7.93. The number of hydrogen-bond acceptors (Lipinski definition) is 3. The van der Waals surface area contributed by atoms with Crippen molar-refractivity contribution in [2.45, 2.75) is 11.3 Å². The van der Waals surface area contributed by atoms with Crippen LogP contribution in [0.1, 0.15) is 5.56 Å². The van der Waals surface area contributed by atoms with Crippen molar-refractivity contribution in [3.8, 4) is 0 Å². The quantitative estimate of drug-likeness (QED) is 0.863. The topological polar surface area (TPSA) is 63.4 Å². The van der Waals surface area contributed by atoms with E-state index in [0.29, 0.717) is 17.8 Å². The molecule has 0 saturated heterocycles. The number of nitrogens with zero attached hydrogens (tertiary/aromatic N) is 1. The minimum Gasteiger partial charge on any atom is -0.399 e. The zero-order chi connectivity index (χ0) is 15.2. The average Bonchev–Trinajstić information content (AvgIpc) is 2.85. The summed E-state index contributed by atoms with van der Waals surface area (Å²) in [6.07, 6.45) is 0.536. The lowest BCUT2D eigenvalue weighted by atomic mass is 10.2. The van der Waals surface area contributed by atoms with Crippen LogP contribution in [0.3, 0.4) is 0 Å². The molecule has 0 saturated carbocycles. The standard InChI is InChI=1S/C14H12ClFN2O2S/c15-12-4-3-11(17)8-14(12)21(19,20)18-6-5-9-1-2-10(16)7-13(9)18/h1-4,7-8H,5-6,17H2. The first-order chi connectivity index (χ1) is 9.89. The molecule has 0 bridgehead atoms. The van der Waals surface area contributed by atoms with Crippen LogP contribution in [0.2, 0.25) is 5.02 Å². The number of halogens is 2. The first kappa shape index (κ1) is 14.2. The second-order valence-electron chi connectivity index (χ2n) is 4.79. The van der Waals surface area contributed by atoms with Crippen molar-refractivity contribution >= 4 is 33.0 Å². The molecule has 0 unspecified atom stereocenters. The van der Waals surface area contributed by atoms with Gasteiger partial charge in [-0.2, -0.15) is 0 Å². The molecule has 0 amide bonds. The number of benzene rings is 2. The summed E-state index contributed by atoms with van der Waals surface area (Å²) in [5, 5.41) is 0.0917. The van der Waals surface area contributed by atoms with Crippen molar-refractivity contribution in [2.75, 3.05) is 16.6 Å². The number of hydrogen-bond donors (Lipinski definition) is 1. The molecule has 21 heavy (non-hydrogen) atoms. The molecule has 0 aromatic heterocycles. The molecule has 1 aliphatic heterocycles. The molecule has 3 rings (SSSR count). The summed E-state index contributed by atoms with van der Waals surface area (Å²) in [4.78, 5) is -0.0683. The fourth-order valence-electron chi connectivity index (χ4n) is 2.41. The first-order valence-electron chi connectivity index (χ1n) is 6.26. The van der Waals surface area contributed by atoms with Gasteiger partial charge < -0.3 is 5.73 Å². The van der Waals surface area contributed by atoms with E-state index in [1.807, 2.05) is 0 Å². The van der Waals surface area contributed by atoms with Crippen LogP contribution in [0.5, 0.6) is 0 Å². The largest absolute Gasteiger partial charge is 0.399 e. The van der Waals surface area contributed by atoms with Crippen molar-refractivity contribution in [3.05, 3.63) is 52.8 Å². The Kier molecular flexibility index (Phi) is 3.30. The minimum absolute atomic E-state index is 0.0683. The van der Waals surface area contributed by atoms with E-state index < -0.39 is 15.8 Å². The van der Waals surface area contributed by atoms with Crippen molar-refractivity contribution in [3.63, 3.8) is 0 Å². The van der Waals surface area contributed by atoms with E-state index in [2.05, 4.69) is 0 Å². The molecule has 110 valence electrons. The third kappa shape index (κ3) is 2.34. The van der Waals surface area contributed by atoms with Crippen LogP contribution in [0.15, 0.2) is 41.3 Å². The van der Waals surface area contributed by atoms with Crippen molar-refractivity contribution in [2.24, 2.45) is 0 Å². The summed E-state index contributed by atoms with van der Waals surface area (Å²) >= 11 is 5.98. The molecular formula is C14H12ClFN2O2S. The molecule has 7 heteroatoms. The first-order valence-corrected chi connectivity index (χ1v) is 8.07. The number of fused-ring (bicyclic) bond motifs is 1. The van der Waals surface area contributed by atoms with E-state index in [9.17, 15) is 12.8 Å². The van der Waals surface area contributed by atoms with Crippen molar-refractivity contribution in [1.29, 1.82) is 0 Å². The van der Waals surface area contributed by atoms with Gasteiger partial charge in [-0.15, -0.1) is 0 Å². The van der Waals surface area contributed by atoms with Gasteiger partial charge in [0.05, 0.1) is 10.7 Å². The molecule has 1 aliphatic rings. The maximum Gasteiger partial charge on any atom is 0.265 e. The fraction of sp³-hybridized carbons (Fsp3) is 0.143. The lowest BCUT2D eigenvalue weighted by Crippen LogP contribution is -2.29. The molecule has 2 N–H and O–H groups in total. The summed E-state index contributed by atoms with van der Waals surface area (Å²) in [5.74, 6) is -0.477. The van der Waals surface area contributed by atoms with E-state index in [0.717, 1.165) is 5.56 Å².